The first-order chi connectivity index (χ1) is 15.3. The number of benzene rings is 1. The Kier molecular flexibility index (Phi) is 10.1. The number of pyridine rings is 1. The van der Waals surface area contributed by atoms with Crippen molar-refractivity contribution in [2.45, 2.75) is 32.4 Å². The molecule has 2 N–H and O–H groups in total. The minimum atomic E-state index is 0.492. The predicted molar refractivity (Wildman–Crippen MR) is 122 cm³/mol. The zero-order chi connectivity index (χ0) is 21.6. The molecular formula is C24H34N4O3. The number of rotatable bonds is 11. The van der Waals surface area contributed by atoms with E-state index in [1.165, 1.54) is 0 Å². The molecule has 1 aliphatic heterocycles. The van der Waals surface area contributed by atoms with Gasteiger partial charge in [0.1, 0.15) is 6.61 Å². The lowest BCUT2D eigenvalue weighted by molar-refractivity contribution is 0.0203. The minimum Gasteiger partial charge on any atom is -0.473 e. The van der Waals surface area contributed by atoms with Gasteiger partial charge >= 0.3 is 0 Å². The highest BCUT2D eigenvalue weighted by atomic mass is 16.5. The number of nitrogens with zero attached hydrogens (tertiary/aromatic N) is 2. The third-order valence-corrected chi connectivity index (χ3v) is 5.19. The van der Waals surface area contributed by atoms with E-state index >= 15 is 0 Å². The molecule has 168 valence electrons. The lowest BCUT2D eigenvalue weighted by Gasteiger charge is -2.21. The zero-order valence-corrected chi connectivity index (χ0v) is 18.4. The number of aliphatic imine (C=N–C) groups is 1. The summed E-state index contributed by atoms with van der Waals surface area (Å²) in [7, 11) is 1.77. The Bertz CT molecular complexity index is 779. The summed E-state index contributed by atoms with van der Waals surface area (Å²) in [6.07, 6.45) is 4.90. The van der Waals surface area contributed by atoms with Crippen molar-refractivity contribution >= 4 is 5.96 Å². The van der Waals surface area contributed by atoms with E-state index in [1.807, 2.05) is 42.5 Å². The van der Waals surface area contributed by atoms with E-state index in [4.69, 9.17) is 14.2 Å². The van der Waals surface area contributed by atoms with Crippen LogP contribution in [0.15, 0.2) is 53.7 Å². The van der Waals surface area contributed by atoms with Gasteiger partial charge in [0.2, 0.25) is 5.88 Å². The number of ether oxygens (including phenoxy) is 3. The van der Waals surface area contributed by atoms with E-state index in [1.54, 1.807) is 13.2 Å². The average Bonchev–Trinajstić information content (AvgIpc) is 2.83. The molecule has 2 aromatic rings. The van der Waals surface area contributed by atoms with Crippen LogP contribution in [0.25, 0.3) is 0 Å². The molecule has 0 saturated carbocycles. The summed E-state index contributed by atoms with van der Waals surface area (Å²) in [5.74, 6) is 2.03. The Labute approximate surface area is 185 Å². The van der Waals surface area contributed by atoms with Gasteiger partial charge in [0, 0.05) is 58.3 Å². The van der Waals surface area contributed by atoms with Crippen LogP contribution in [0.5, 0.6) is 5.88 Å². The van der Waals surface area contributed by atoms with Crippen LogP contribution in [0.4, 0.5) is 0 Å². The molecule has 0 aliphatic carbocycles. The summed E-state index contributed by atoms with van der Waals surface area (Å²) >= 11 is 0. The number of hydrogen-bond acceptors (Lipinski definition) is 5. The quantitative estimate of drug-likeness (QED) is 0.327. The van der Waals surface area contributed by atoms with Gasteiger partial charge in [0.25, 0.3) is 0 Å². The Hall–Kier alpha value is -2.64. The highest BCUT2D eigenvalue weighted by Crippen LogP contribution is 2.16. The molecule has 31 heavy (non-hydrogen) atoms. The first-order valence-corrected chi connectivity index (χ1v) is 11.1. The van der Waals surface area contributed by atoms with Crippen LogP contribution in [0, 0.1) is 5.92 Å². The summed E-state index contributed by atoms with van der Waals surface area (Å²) in [6.45, 7) is 5.20. The SMILES string of the molecule is CN=C(NCCCOCC1CCOCC1)NCc1cccnc1OCc1ccccc1. The molecule has 0 unspecified atom stereocenters. The summed E-state index contributed by atoms with van der Waals surface area (Å²) in [6, 6.07) is 14.0. The van der Waals surface area contributed by atoms with Gasteiger partial charge < -0.3 is 24.8 Å². The maximum Gasteiger partial charge on any atom is 0.218 e. The van der Waals surface area contributed by atoms with E-state index in [-0.39, 0.29) is 0 Å². The average molecular weight is 427 g/mol. The van der Waals surface area contributed by atoms with Gasteiger partial charge in [0.15, 0.2) is 5.96 Å². The fraction of sp³-hybridized carbons (Fsp3) is 0.500. The first-order valence-electron chi connectivity index (χ1n) is 11.1. The van der Waals surface area contributed by atoms with Crippen LogP contribution in [0.2, 0.25) is 0 Å². The van der Waals surface area contributed by atoms with Crippen molar-refractivity contribution in [3.05, 3.63) is 59.8 Å². The summed E-state index contributed by atoms with van der Waals surface area (Å²) < 4.78 is 17.1. The molecule has 1 aliphatic rings. The Morgan fingerprint density at radius 1 is 1.13 bits per heavy atom. The molecule has 1 saturated heterocycles. The van der Waals surface area contributed by atoms with E-state index in [0.717, 1.165) is 69.3 Å². The normalized spacial score (nSPS) is 14.9. The van der Waals surface area contributed by atoms with Gasteiger partial charge in [-0.1, -0.05) is 36.4 Å². The number of hydrogen-bond donors (Lipinski definition) is 2. The topological polar surface area (TPSA) is 77.0 Å². The van der Waals surface area contributed by atoms with Gasteiger partial charge in [-0.3, -0.25) is 4.99 Å². The van der Waals surface area contributed by atoms with Crippen LogP contribution in [0.1, 0.15) is 30.4 Å². The van der Waals surface area contributed by atoms with Gasteiger partial charge in [-0.05, 0) is 36.8 Å². The maximum atomic E-state index is 5.93. The second-order valence-electron chi connectivity index (χ2n) is 7.58. The number of aromatic nitrogens is 1. The predicted octanol–water partition coefficient (Wildman–Crippen LogP) is 3.16. The van der Waals surface area contributed by atoms with Crippen molar-refractivity contribution in [1.29, 1.82) is 0 Å². The fourth-order valence-corrected chi connectivity index (χ4v) is 3.36. The highest BCUT2D eigenvalue weighted by Gasteiger charge is 2.13. The molecule has 7 heteroatoms. The van der Waals surface area contributed by atoms with Gasteiger partial charge in [-0.15, -0.1) is 0 Å². The zero-order valence-electron chi connectivity index (χ0n) is 18.4. The van der Waals surface area contributed by atoms with Crippen molar-refractivity contribution in [2.24, 2.45) is 10.9 Å². The van der Waals surface area contributed by atoms with Crippen molar-refractivity contribution < 1.29 is 14.2 Å². The van der Waals surface area contributed by atoms with Crippen LogP contribution in [0.3, 0.4) is 0 Å². The standard InChI is InChI=1S/C24H34N4O3/c1-25-24(27-13-6-14-30-18-21-10-15-29-16-11-21)28-17-22-9-5-12-26-23(22)31-19-20-7-3-2-4-8-20/h2-5,7-9,12,21H,6,10-11,13-19H2,1H3,(H2,25,27,28). The van der Waals surface area contributed by atoms with Crippen LogP contribution < -0.4 is 15.4 Å². The molecule has 3 rings (SSSR count). The van der Waals surface area contributed by atoms with Gasteiger partial charge in [-0.25, -0.2) is 4.98 Å². The van der Waals surface area contributed by atoms with E-state index < -0.39 is 0 Å². The molecule has 0 radical (unpaired) electrons. The second-order valence-corrected chi connectivity index (χ2v) is 7.58. The molecule has 0 atom stereocenters. The number of guanidine groups is 1. The van der Waals surface area contributed by atoms with E-state index in [9.17, 15) is 0 Å². The van der Waals surface area contributed by atoms with Crippen LogP contribution in [-0.4, -0.2) is 51.0 Å². The smallest absolute Gasteiger partial charge is 0.218 e. The number of nitrogens with one attached hydrogen (secondary N) is 2. The minimum absolute atomic E-state index is 0.492. The molecule has 7 nitrogen and oxygen atoms in total. The van der Waals surface area contributed by atoms with Gasteiger partial charge in [0.05, 0.1) is 0 Å². The Morgan fingerprint density at radius 2 is 1.97 bits per heavy atom. The van der Waals surface area contributed by atoms with E-state index in [2.05, 4.69) is 20.6 Å². The summed E-state index contributed by atoms with van der Waals surface area (Å²) in [5, 5.41) is 6.66. The third-order valence-electron chi connectivity index (χ3n) is 5.19. The molecule has 2 heterocycles. The maximum absolute atomic E-state index is 5.93. The second kappa shape index (κ2) is 13.6. The Balaban J connectivity index is 1.34. The lowest BCUT2D eigenvalue weighted by Crippen LogP contribution is -2.37. The van der Waals surface area contributed by atoms with E-state index in [0.29, 0.717) is 24.9 Å². The first kappa shape index (κ1) is 23.0. The largest absolute Gasteiger partial charge is 0.473 e. The molecule has 1 fully saturated rings. The monoisotopic (exact) mass is 426 g/mol. The van der Waals surface area contributed by atoms with Crippen molar-refractivity contribution in [3.8, 4) is 5.88 Å². The lowest BCUT2D eigenvalue weighted by atomic mass is 10.0. The third kappa shape index (κ3) is 8.55. The van der Waals surface area contributed by atoms with Crippen LogP contribution in [-0.2, 0) is 22.6 Å². The molecule has 0 bridgehead atoms. The molecule has 1 aromatic carbocycles. The van der Waals surface area contributed by atoms with Gasteiger partial charge in [-0.2, -0.15) is 0 Å². The van der Waals surface area contributed by atoms with Crippen molar-refractivity contribution in [1.82, 2.24) is 15.6 Å². The van der Waals surface area contributed by atoms with Crippen molar-refractivity contribution in [3.63, 3.8) is 0 Å². The molecule has 1 aromatic heterocycles. The summed E-state index contributed by atoms with van der Waals surface area (Å²) in [5.41, 5.74) is 2.10. The highest BCUT2D eigenvalue weighted by molar-refractivity contribution is 5.79. The van der Waals surface area contributed by atoms with Crippen LogP contribution >= 0.6 is 0 Å². The summed E-state index contributed by atoms with van der Waals surface area (Å²) in [4.78, 5) is 8.68. The molecule has 0 spiro atoms. The fourth-order valence-electron chi connectivity index (χ4n) is 3.36. The Morgan fingerprint density at radius 3 is 2.77 bits per heavy atom. The molecule has 0 amide bonds. The van der Waals surface area contributed by atoms with Crippen molar-refractivity contribution in [2.75, 3.05) is 40.0 Å². The molecular weight excluding hydrogens is 392 g/mol.